The highest BCUT2D eigenvalue weighted by molar-refractivity contribution is 5.98. The average Bonchev–Trinajstić information content (AvgIpc) is 3.47. The van der Waals surface area contributed by atoms with E-state index < -0.39 is 0 Å². The highest BCUT2D eigenvalue weighted by Gasteiger charge is 2.16. The molecular formula is C31H32N4O2. The van der Waals surface area contributed by atoms with Gasteiger partial charge in [-0.1, -0.05) is 31.2 Å². The highest BCUT2D eigenvalue weighted by Crippen LogP contribution is 2.24. The molecule has 0 radical (unpaired) electrons. The minimum Gasteiger partial charge on any atom is -0.372 e. The second-order valence-corrected chi connectivity index (χ2v) is 9.92. The molecule has 0 saturated carbocycles. The Labute approximate surface area is 217 Å². The van der Waals surface area contributed by atoms with Crippen LogP contribution >= 0.6 is 0 Å². The molecule has 6 nitrogen and oxygen atoms in total. The molecule has 0 unspecified atom stereocenters. The summed E-state index contributed by atoms with van der Waals surface area (Å²) in [5.74, 6) is 0.960. The number of aromatic nitrogens is 2. The molecule has 0 aliphatic carbocycles. The van der Waals surface area contributed by atoms with Crippen molar-refractivity contribution in [2.24, 2.45) is 5.92 Å². The predicted molar refractivity (Wildman–Crippen MR) is 148 cm³/mol. The fourth-order valence-electron chi connectivity index (χ4n) is 4.68. The van der Waals surface area contributed by atoms with Crippen LogP contribution in [0.4, 0.5) is 17.1 Å². The molecule has 6 heteroatoms. The summed E-state index contributed by atoms with van der Waals surface area (Å²) in [7, 11) is 0. The van der Waals surface area contributed by atoms with E-state index in [0.717, 1.165) is 47.1 Å². The first-order chi connectivity index (χ1) is 18.0. The van der Waals surface area contributed by atoms with Crippen LogP contribution in [0, 0.1) is 5.92 Å². The van der Waals surface area contributed by atoms with Gasteiger partial charge in [0.05, 0.1) is 11.8 Å². The molecule has 1 aliphatic rings. The maximum Gasteiger partial charge on any atom is 0.170 e. The van der Waals surface area contributed by atoms with Crippen molar-refractivity contribution >= 4 is 28.6 Å². The number of hydrogen-bond acceptors (Lipinski definition) is 5. The van der Waals surface area contributed by atoms with Crippen molar-refractivity contribution in [1.29, 1.82) is 0 Å². The summed E-state index contributed by atoms with van der Waals surface area (Å²) >= 11 is 0. The summed E-state index contributed by atoms with van der Waals surface area (Å²) in [5.41, 5.74) is 6.36. The summed E-state index contributed by atoms with van der Waals surface area (Å²) < 4.78 is 0. The van der Waals surface area contributed by atoms with Gasteiger partial charge in [0.15, 0.2) is 11.6 Å². The predicted octanol–water partition coefficient (Wildman–Crippen LogP) is 6.24. The van der Waals surface area contributed by atoms with Gasteiger partial charge in [0, 0.05) is 54.8 Å². The molecule has 0 atom stereocenters. The van der Waals surface area contributed by atoms with Crippen LogP contribution < -0.4 is 10.2 Å². The van der Waals surface area contributed by atoms with Gasteiger partial charge in [-0.25, -0.2) is 0 Å². The maximum atomic E-state index is 12.8. The molecule has 1 aliphatic heterocycles. The highest BCUT2D eigenvalue weighted by atomic mass is 16.1. The number of anilines is 3. The van der Waals surface area contributed by atoms with Gasteiger partial charge in [-0.05, 0) is 78.4 Å². The number of benzene rings is 3. The van der Waals surface area contributed by atoms with Crippen LogP contribution in [0.2, 0.25) is 0 Å². The number of carbonyl (C=O) groups excluding carboxylic acids is 2. The fourth-order valence-corrected chi connectivity index (χ4v) is 4.68. The third-order valence-electron chi connectivity index (χ3n) is 7.08. The SMILES string of the molecule is CC1CCN(c2ccc(C(=O)Cc3ccc(Nc4ccc(CC(=O)c5cn[nH]c5)cc4)cc3)cc2)CC1. The van der Waals surface area contributed by atoms with Crippen LogP contribution in [0.5, 0.6) is 0 Å². The Bertz CT molecular complexity index is 1320. The Kier molecular flexibility index (Phi) is 7.45. The van der Waals surface area contributed by atoms with Gasteiger partial charge in [-0.2, -0.15) is 5.10 Å². The summed E-state index contributed by atoms with van der Waals surface area (Å²) in [4.78, 5) is 27.5. The van der Waals surface area contributed by atoms with Crippen LogP contribution in [0.25, 0.3) is 0 Å². The van der Waals surface area contributed by atoms with Gasteiger partial charge in [0.1, 0.15) is 0 Å². The zero-order valence-corrected chi connectivity index (χ0v) is 21.1. The number of H-pyrrole nitrogens is 1. The lowest BCUT2D eigenvalue weighted by molar-refractivity contribution is 0.0985. The molecule has 1 aromatic heterocycles. The van der Waals surface area contributed by atoms with Gasteiger partial charge in [0.2, 0.25) is 0 Å². The van der Waals surface area contributed by atoms with Gasteiger partial charge >= 0.3 is 0 Å². The van der Waals surface area contributed by atoms with Gasteiger partial charge in [-0.15, -0.1) is 0 Å². The average molecular weight is 493 g/mol. The van der Waals surface area contributed by atoms with Crippen molar-refractivity contribution in [1.82, 2.24) is 10.2 Å². The minimum atomic E-state index is 0.0344. The molecule has 188 valence electrons. The number of Topliss-reactive ketones (excluding diaryl/α,β-unsaturated/α-hetero) is 2. The van der Waals surface area contributed by atoms with Crippen molar-refractivity contribution in [2.45, 2.75) is 32.6 Å². The van der Waals surface area contributed by atoms with E-state index in [2.05, 4.69) is 39.5 Å². The van der Waals surface area contributed by atoms with Crippen molar-refractivity contribution in [3.63, 3.8) is 0 Å². The summed E-state index contributed by atoms with van der Waals surface area (Å²) in [5, 5.41) is 9.87. The van der Waals surface area contributed by atoms with Crippen LogP contribution in [0.1, 0.15) is 51.6 Å². The number of rotatable bonds is 9. The number of aromatic amines is 1. The summed E-state index contributed by atoms with van der Waals surface area (Å²) in [6, 6.07) is 23.8. The monoisotopic (exact) mass is 492 g/mol. The number of piperidine rings is 1. The first-order valence-electron chi connectivity index (χ1n) is 12.9. The molecular weight excluding hydrogens is 460 g/mol. The number of nitrogens with zero attached hydrogens (tertiary/aromatic N) is 2. The van der Waals surface area contributed by atoms with Crippen molar-refractivity contribution in [3.05, 3.63) is 107 Å². The number of carbonyl (C=O) groups is 2. The number of ketones is 2. The van der Waals surface area contributed by atoms with E-state index in [1.54, 1.807) is 12.4 Å². The lowest BCUT2D eigenvalue weighted by atomic mass is 9.98. The summed E-state index contributed by atoms with van der Waals surface area (Å²) in [6.07, 6.45) is 6.32. The Morgan fingerprint density at radius 3 is 1.86 bits per heavy atom. The Morgan fingerprint density at radius 1 is 0.811 bits per heavy atom. The normalized spacial score (nSPS) is 13.9. The van der Waals surface area contributed by atoms with E-state index in [4.69, 9.17) is 0 Å². The lowest BCUT2D eigenvalue weighted by Crippen LogP contribution is -2.32. The van der Waals surface area contributed by atoms with Crippen LogP contribution in [0.15, 0.2) is 85.2 Å². The number of nitrogens with one attached hydrogen (secondary N) is 2. The molecule has 2 N–H and O–H groups in total. The Balaban J connectivity index is 1.13. The molecule has 1 fully saturated rings. The molecule has 0 bridgehead atoms. The van der Waals surface area contributed by atoms with E-state index in [1.165, 1.54) is 18.5 Å². The third kappa shape index (κ3) is 6.33. The Morgan fingerprint density at radius 2 is 1.35 bits per heavy atom. The Hall–Kier alpha value is -4.19. The molecule has 1 saturated heterocycles. The molecule has 3 aromatic carbocycles. The minimum absolute atomic E-state index is 0.0344. The fraction of sp³-hybridized carbons (Fsp3) is 0.258. The number of hydrogen-bond donors (Lipinski definition) is 2. The van der Waals surface area contributed by atoms with E-state index in [0.29, 0.717) is 18.4 Å². The van der Waals surface area contributed by atoms with Crippen LogP contribution in [-0.4, -0.2) is 34.9 Å². The smallest absolute Gasteiger partial charge is 0.170 e. The standard InChI is InChI=1S/C31H32N4O2/c1-22-14-16-35(17-15-22)29-12-6-25(7-13-29)30(36)18-23-2-8-27(9-3-23)34-28-10-4-24(5-11-28)19-31(37)26-20-32-33-21-26/h2-13,20-22,34H,14-19H2,1H3,(H,32,33). The van der Waals surface area contributed by atoms with Gasteiger partial charge in [-0.3, -0.25) is 14.7 Å². The zero-order chi connectivity index (χ0) is 25.6. The van der Waals surface area contributed by atoms with Crippen LogP contribution in [-0.2, 0) is 12.8 Å². The van der Waals surface area contributed by atoms with E-state index in [9.17, 15) is 9.59 Å². The maximum absolute atomic E-state index is 12.8. The van der Waals surface area contributed by atoms with Crippen LogP contribution in [0.3, 0.4) is 0 Å². The molecule has 37 heavy (non-hydrogen) atoms. The van der Waals surface area contributed by atoms with Crippen molar-refractivity contribution in [2.75, 3.05) is 23.3 Å². The van der Waals surface area contributed by atoms with Crippen molar-refractivity contribution < 1.29 is 9.59 Å². The van der Waals surface area contributed by atoms with Gasteiger partial charge in [0.25, 0.3) is 0 Å². The second kappa shape index (κ2) is 11.2. The third-order valence-corrected chi connectivity index (χ3v) is 7.08. The van der Waals surface area contributed by atoms with E-state index >= 15 is 0 Å². The molecule has 0 amide bonds. The quantitative estimate of drug-likeness (QED) is 0.270. The molecule has 0 spiro atoms. The molecule has 2 heterocycles. The topological polar surface area (TPSA) is 78.1 Å². The lowest BCUT2D eigenvalue weighted by Gasteiger charge is -2.32. The van der Waals surface area contributed by atoms with Gasteiger partial charge < -0.3 is 10.2 Å². The second-order valence-electron chi connectivity index (χ2n) is 9.92. The first kappa shape index (κ1) is 24.5. The zero-order valence-electron chi connectivity index (χ0n) is 21.1. The first-order valence-corrected chi connectivity index (χ1v) is 12.9. The van der Waals surface area contributed by atoms with E-state index in [1.807, 2.05) is 60.7 Å². The van der Waals surface area contributed by atoms with E-state index in [-0.39, 0.29) is 11.6 Å². The largest absolute Gasteiger partial charge is 0.372 e. The molecule has 4 aromatic rings. The van der Waals surface area contributed by atoms with Crippen molar-refractivity contribution in [3.8, 4) is 0 Å². The molecule has 5 rings (SSSR count). The summed E-state index contributed by atoms with van der Waals surface area (Å²) in [6.45, 7) is 4.49.